The summed E-state index contributed by atoms with van der Waals surface area (Å²) in [7, 11) is 0. The topological polar surface area (TPSA) is 113 Å². The lowest BCUT2D eigenvalue weighted by molar-refractivity contribution is -0.121. The number of ketones is 1. The number of carbonyl (C=O) groups excluding carboxylic acids is 3. The van der Waals surface area contributed by atoms with E-state index in [9.17, 15) is 14.4 Å². The van der Waals surface area contributed by atoms with Crippen molar-refractivity contribution < 1.29 is 14.4 Å². The lowest BCUT2D eigenvalue weighted by Crippen LogP contribution is -2.41. The van der Waals surface area contributed by atoms with Gasteiger partial charge in [0.15, 0.2) is 5.78 Å². The average Bonchev–Trinajstić information content (AvgIpc) is 2.46. The summed E-state index contributed by atoms with van der Waals surface area (Å²) >= 11 is 0. The van der Waals surface area contributed by atoms with Crippen molar-refractivity contribution in [3.8, 4) is 0 Å². The van der Waals surface area contributed by atoms with E-state index in [1.54, 1.807) is 18.2 Å². The third-order valence-corrected chi connectivity index (χ3v) is 2.78. The van der Waals surface area contributed by atoms with Gasteiger partial charge >= 0.3 is 0 Å². The summed E-state index contributed by atoms with van der Waals surface area (Å²) in [5.41, 5.74) is 10.9. The number of fused-ring (bicyclic) bond motifs is 1. The fourth-order valence-corrected chi connectivity index (χ4v) is 1.90. The number of amides is 2. The molecule has 0 fully saturated rings. The molecule has 5 N–H and O–H groups in total. The number of rotatable bonds is 2. The van der Waals surface area contributed by atoms with Crippen molar-refractivity contribution in [1.82, 2.24) is 10.9 Å². The van der Waals surface area contributed by atoms with Crippen molar-refractivity contribution >= 4 is 23.3 Å². The van der Waals surface area contributed by atoms with Gasteiger partial charge in [-0.05, 0) is 6.07 Å². The second kappa shape index (κ2) is 5.49. The first-order chi connectivity index (χ1) is 9.13. The van der Waals surface area contributed by atoms with Crippen LogP contribution < -0.4 is 21.9 Å². The predicted octanol–water partition coefficient (Wildman–Crippen LogP) is -0.248. The summed E-state index contributed by atoms with van der Waals surface area (Å²) in [5, 5.41) is 2.82. The van der Waals surface area contributed by atoms with Crippen molar-refractivity contribution in [2.45, 2.75) is 12.8 Å². The van der Waals surface area contributed by atoms with E-state index in [2.05, 4.69) is 16.2 Å². The van der Waals surface area contributed by atoms with E-state index < -0.39 is 11.8 Å². The number of hydrogen-bond donors (Lipinski definition) is 4. The number of benzene rings is 1. The molecule has 2 rings (SSSR count). The molecule has 0 unspecified atom stereocenters. The lowest BCUT2D eigenvalue weighted by atomic mass is 9.98. The van der Waals surface area contributed by atoms with Gasteiger partial charge in [0, 0.05) is 24.1 Å². The zero-order valence-electron chi connectivity index (χ0n) is 10.2. The van der Waals surface area contributed by atoms with Crippen LogP contribution in [0.1, 0.15) is 33.6 Å². The number of nitrogens with two attached hydrogens (primary N) is 1. The number of nitrogens with one attached hydrogen (secondary N) is 3. The number of carbonyl (C=O) groups is 3. The van der Waals surface area contributed by atoms with Crippen LogP contribution in [0.5, 0.6) is 0 Å². The van der Waals surface area contributed by atoms with Gasteiger partial charge in [-0.3, -0.25) is 25.2 Å². The number of hydrogen-bond acceptors (Lipinski definition) is 5. The summed E-state index contributed by atoms with van der Waals surface area (Å²) < 4.78 is 0. The number of anilines is 1. The Morgan fingerprint density at radius 3 is 2.68 bits per heavy atom. The summed E-state index contributed by atoms with van der Waals surface area (Å²) in [5.74, 6) is -1.19. The van der Waals surface area contributed by atoms with E-state index in [0.717, 1.165) is 0 Å². The standard InChI is InChI=1S/C12H14N4O3/c13-6-14-8-3-1-2-7-9(17)4-5-10(18)15-16-12(19)11(7)8/h1-3,14H,4-6,13H2,(H,15,18)(H,16,19). The Morgan fingerprint density at radius 2 is 1.95 bits per heavy atom. The molecule has 0 aliphatic carbocycles. The number of Topliss-reactive ketones (excluding diaryl/α,β-unsaturated/α-hetero) is 1. The molecule has 0 saturated carbocycles. The highest BCUT2D eigenvalue weighted by Crippen LogP contribution is 2.22. The van der Waals surface area contributed by atoms with Gasteiger partial charge in [-0.15, -0.1) is 0 Å². The number of hydrazine groups is 1. The minimum Gasteiger partial charge on any atom is -0.372 e. The smallest absolute Gasteiger partial charge is 0.272 e. The van der Waals surface area contributed by atoms with Crippen molar-refractivity contribution in [3.05, 3.63) is 29.3 Å². The fraction of sp³-hybridized carbons (Fsp3) is 0.250. The second-order valence-corrected chi connectivity index (χ2v) is 4.03. The van der Waals surface area contributed by atoms with Crippen LogP contribution in [0.2, 0.25) is 0 Å². The summed E-state index contributed by atoms with van der Waals surface area (Å²) in [4.78, 5) is 35.4. The normalized spacial score (nSPS) is 15.5. The van der Waals surface area contributed by atoms with Crippen LogP contribution in [0.4, 0.5) is 5.69 Å². The molecule has 1 heterocycles. The van der Waals surface area contributed by atoms with Gasteiger partial charge in [0.05, 0.1) is 12.2 Å². The highest BCUT2D eigenvalue weighted by Gasteiger charge is 2.23. The van der Waals surface area contributed by atoms with E-state index in [-0.39, 0.29) is 36.4 Å². The van der Waals surface area contributed by atoms with Gasteiger partial charge in [0.1, 0.15) is 0 Å². The first kappa shape index (κ1) is 13.0. The molecule has 7 nitrogen and oxygen atoms in total. The van der Waals surface area contributed by atoms with Gasteiger partial charge in [0.25, 0.3) is 5.91 Å². The first-order valence-electron chi connectivity index (χ1n) is 5.83. The second-order valence-electron chi connectivity index (χ2n) is 4.03. The van der Waals surface area contributed by atoms with E-state index in [4.69, 9.17) is 5.73 Å². The molecule has 1 aliphatic rings. The zero-order valence-corrected chi connectivity index (χ0v) is 10.2. The Morgan fingerprint density at radius 1 is 1.16 bits per heavy atom. The SMILES string of the molecule is NCNc1cccc2c1C(=O)NNC(=O)CCC2=O. The minimum atomic E-state index is -0.546. The van der Waals surface area contributed by atoms with E-state index in [1.165, 1.54) is 0 Å². The largest absolute Gasteiger partial charge is 0.372 e. The molecule has 7 heteroatoms. The molecule has 19 heavy (non-hydrogen) atoms. The van der Waals surface area contributed by atoms with Crippen LogP contribution >= 0.6 is 0 Å². The average molecular weight is 262 g/mol. The quantitative estimate of drug-likeness (QED) is 0.549. The predicted molar refractivity (Wildman–Crippen MR) is 68.3 cm³/mol. The molecule has 0 aromatic heterocycles. The molecule has 1 aromatic rings. The molecule has 2 amide bonds. The van der Waals surface area contributed by atoms with E-state index in [0.29, 0.717) is 5.69 Å². The van der Waals surface area contributed by atoms with Crippen LogP contribution in [0.15, 0.2) is 18.2 Å². The van der Waals surface area contributed by atoms with E-state index in [1.807, 2.05) is 0 Å². The maximum absolute atomic E-state index is 12.0. The third kappa shape index (κ3) is 2.71. The van der Waals surface area contributed by atoms with Crippen molar-refractivity contribution in [2.24, 2.45) is 5.73 Å². The third-order valence-electron chi connectivity index (χ3n) is 2.78. The maximum Gasteiger partial charge on any atom is 0.272 e. The molecule has 100 valence electrons. The Balaban J connectivity index is 2.50. The Bertz CT molecular complexity index is 542. The summed E-state index contributed by atoms with van der Waals surface area (Å²) in [6.45, 7) is 0.129. The molecule has 0 spiro atoms. The van der Waals surface area contributed by atoms with Crippen LogP contribution in [0.25, 0.3) is 0 Å². The van der Waals surface area contributed by atoms with E-state index >= 15 is 0 Å². The van der Waals surface area contributed by atoms with Crippen LogP contribution in [-0.4, -0.2) is 24.3 Å². The fourth-order valence-electron chi connectivity index (χ4n) is 1.90. The van der Waals surface area contributed by atoms with Gasteiger partial charge in [-0.2, -0.15) is 0 Å². The van der Waals surface area contributed by atoms with Gasteiger partial charge in [0.2, 0.25) is 5.91 Å². The van der Waals surface area contributed by atoms with Gasteiger partial charge in [-0.25, -0.2) is 0 Å². The Hall–Kier alpha value is -2.41. The Kier molecular flexibility index (Phi) is 3.76. The maximum atomic E-state index is 12.0. The molecule has 1 aliphatic heterocycles. The molecule has 1 aromatic carbocycles. The highest BCUT2D eigenvalue weighted by atomic mass is 16.2. The molecule has 0 bridgehead atoms. The summed E-state index contributed by atoms with van der Waals surface area (Å²) in [6.07, 6.45) is 0.0902. The minimum absolute atomic E-state index is 0.0348. The molecule has 0 radical (unpaired) electrons. The van der Waals surface area contributed by atoms with Crippen LogP contribution in [-0.2, 0) is 4.79 Å². The van der Waals surface area contributed by atoms with Crippen molar-refractivity contribution in [1.29, 1.82) is 0 Å². The zero-order chi connectivity index (χ0) is 13.8. The summed E-state index contributed by atoms with van der Waals surface area (Å²) in [6, 6.07) is 4.88. The molecular weight excluding hydrogens is 248 g/mol. The van der Waals surface area contributed by atoms with Crippen molar-refractivity contribution in [2.75, 3.05) is 12.0 Å². The highest BCUT2D eigenvalue weighted by molar-refractivity contribution is 6.12. The van der Waals surface area contributed by atoms with Crippen molar-refractivity contribution in [3.63, 3.8) is 0 Å². The van der Waals surface area contributed by atoms with Gasteiger partial charge < -0.3 is 11.1 Å². The monoisotopic (exact) mass is 262 g/mol. The molecule has 0 atom stereocenters. The molecule has 0 saturated heterocycles. The van der Waals surface area contributed by atoms with Crippen LogP contribution in [0, 0.1) is 0 Å². The van der Waals surface area contributed by atoms with Crippen LogP contribution in [0.3, 0.4) is 0 Å². The Labute approximate surface area is 109 Å². The lowest BCUT2D eigenvalue weighted by Gasteiger charge is -2.13. The van der Waals surface area contributed by atoms with Gasteiger partial charge in [-0.1, -0.05) is 12.1 Å². The first-order valence-corrected chi connectivity index (χ1v) is 5.83. The molecular formula is C12H14N4O3.